The van der Waals surface area contributed by atoms with Crippen molar-refractivity contribution in [3.05, 3.63) is 89.5 Å². The van der Waals surface area contributed by atoms with Crippen LogP contribution in [0.5, 0.6) is 0 Å². The minimum atomic E-state index is 0.524. The number of aromatic nitrogens is 2. The van der Waals surface area contributed by atoms with Gasteiger partial charge in [0.1, 0.15) is 11.9 Å². The van der Waals surface area contributed by atoms with Crippen molar-refractivity contribution in [2.75, 3.05) is 0 Å². The van der Waals surface area contributed by atoms with Crippen LogP contribution < -0.4 is 4.57 Å². The van der Waals surface area contributed by atoms with Crippen LogP contribution in [0.25, 0.3) is 0 Å². The molecule has 3 rings (SSSR count). The maximum atomic E-state index is 2.59. The smallest absolute Gasteiger partial charge is 0.234 e. The first-order chi connectivity index (χ1) is 13.2. The highest BCUT2D eigenvalue weighted by Gasteiger charge is 2.24. The summed E-state index contributed by atoms with van der Waals surface area (Å²) in [5, 5.41) is 0. The molecule has 142 valence electrons. The summed E-state index contributed by atoms with van der Waals surface area (Å²) in [6.45, 7) is 9.07. The van der Waals surface area contributed by atoms with Crippen molar-refractivity contribution in [1.82, 2.24) is 4.57 Å². The molecule has 27 heavy (non-hydrogen) atoms. The van der Waals surface area contributed by atoms with Gasteiger partial charge in [0.2, 0.25) is 0 Å². The third-order valence-corrected chi connectivity index (χ3v) is 5.30. The summed E-state index contributed by atoms with van der Waals surface area (Å²) in [4.78, 5) is 0. The summed E-state index contributed by atoms with van der Waals surface area (Å²) >= 11 is 0. The lowest BCUT2D eigenvalue weighted by Crippen LogP contribution is -2.41. The average molecular weight is 362 g/mol. The van der Waals surface area contributed by atoms with Gasteiger partial charge in [-0.3, -0.25) is 0 Å². The van der Waals surface area contributed by atoms with E-state index >= 15 is 0 Å². The molecule has 0 aliphatic heterocycles. The molecule has 0 aliphatic carbocycles. The van der Waals surface area contributed by atoms with Crippen molar-refractivity contribution in [2.24, 2.45) is 0 Å². The molecule has 0 aliphatic rings. The highest BCUT2D eigenvalue weighted by molar-refractivity contribution is 5.21. The molecule has 3 aromatic rings. The molecular weight excluding hydrogens is 328 g/mol. The average Bonchev–Trinajstić information content (AvgIpc) is 3.00. The first-order valence-corrected chi connectivity index (χ1v) is 10.4. The maximum absolute atomic E-state index is 2.59. The van der Waals surface area contributed by atoms with E-state index in [0.717, 1.165) is 38.8 Å². The van der Waals surface area contributed by atoms with Crippen molar-refractivity contribution < 1.29 is 4.57 Å². The Hall–Kier alpha value is -2.35. The van der Waals surface area contributed by atoms with Gasteiger partial charge in [-0.25, -0.2) is 9.13 Å². The van der Waals surface area contributed by atoms with Gasteiger partial charge >= 0.3 is 0 Å². The number of hydrogen-bond donors (Lipinski definition) is 0. The SMILES string of the molecule is CCCn1cc(CC(C)c2ccccc2)[n+](CCC)c1Cc1ccccc1. The quantitative estimate of drug-likeness (QED) is 0.443. The molecule has 1 heterocycles. The van der Waals surface area contributed by atoms with Gasteiger partial charge in [-0.2, -0.15) is 0 Å². The molecule has 0 amide bonds. The Bertz CT molecular complexity index is 818. The van der Waals surface area contributed by atoms with Crippen LogP contribution in [0.2, 0.25) is 0 Å². The first-order valence-electron chi connectivity index (χ1n) is 10.4. The Balaban J connectivity index is 1.94. The van der Waals surface area contributed by atoms with E-state index in [1.54, 1.807) is 0 Å². The van der Waals surface area contributed by atoms with Crippen molar-refractivity contribution >= 4 is 0 Å². The molecule has 0 spiro atoms. The van der Waals surface area contributed by atoms with E-state index in [-0.39, 0.29) is 0 Å². The van der Waals surface area contributed by atoms with Crippen LogP contribution in [0.3, 0.4) is 0 Å². The summed E-state index contributed by atoms with van der Waals surface area (Å²) in [5.74, 6) is 1.97. The monoisotopic (exact) mass is 361 g/mol. The van der Waals surface area contributed by atoms with Crippen LogP contribution in [0.4, 0.5) is 0 Å². The van der Waals surface area contributed by atoms with Crippen molar-refractivity contribution in [2.45, 2.75) is 65.5 Å². The van der Waals surface area contributed by atoms with Crippen LogP contribution in [-0.4, -0.2) is 4.57 Å². The molecule has 1 aromatic heterocycles. The van der Waals surface area contributed by atoms with Crippen molar-refractivity contribution in [3.8, 4) is 0 Å². The Morgan fingerprint density at radius 2 is 1.56 bits per heavy atom. The standard InChI is InChI=1S/C25H33N2/c1-4-16-26-20-24(18-21(3)23-14-10-7-11-15-23)27(17-5-2)25(26)19-22-12-8-6-9-13-22/h6-15,20-21H,4-5,16-19H2,1-3H3/q+1. The fourth-order valence-electron chi connectivity index (χ4n) is 3.93. The molecule has 2 nitrogen and oxygen atoms in total. The van der Waals surface area contributed by atoms with E-state index in [1.807, 2.05) is 0 Å². The predicted octanol–water partition coefficient (Wildman–Crippen LogP) is 5.53. The minimum Gasteiger partial charge on any atom is -0.234 e. The molecular formula is C25H33N2+. The van der Waals surface area contributed by atoms with Gasteiger partial charge in [0, 0.05) is 6.42 Å². The predicted molar refractivity (Wildman–Crippen MR) is 113 cm³/mol. The second-order valence-electron chi connectivity index (χ2n) is 7.56. The number of rotatable bonds is 9. The van der Waals surface area contributed by atoms with E-state index in [4.69, 9.17) is 0 Å². The van der Waals surface area contributed by atoms with Crippen molar-refractivity contribution in [1.29, 1.82) is 0 Å². The Labute approximate surface area is 164 Å². The molecule has 0 bridgehead atoms. The molecule has 2 heteroatoms. The van der Waals surface area contributed by atoms with Crippen LogP contribution in [-0.2, 0) is 25.9 Å². The third-order valence-electron chi connectivity index (χ3n) is 5.30. The normalized spacial score (nSPS) is 12.3. The summed E-state index contributed by atoms with van der Waals surface area (Å²) in [7, 11) is 0. The number of nitrogens with zero attached hydrogens (tertiary/aromatic N) is 2. The summed E-state index contributed by atoms with van der Waals surface area (Å²) in [6, 6.07) is 21.8. The molecule has 0 N–H and O–H groups in total. The minimum absolute atomic E-state index is 0.524. The summed E-state index contributed by atoms with van der Waals surface area (Å²) < 4.78 is 5.08. The van der Waals surface area contributed by atoms with Crippen LogP contribution in [0.15, 0.2) is 66.9 Å². The highest BCUT2D eigenvalue weighted by atomic mass is 15.2. The number of hydrogen-bond acceptors (Lipinski definition) is 0. The molecule has 0 saturated carbocycles. The van der Waals surface area contributed by atoms with Gasteiger partial charge in [-0.1, -0.05) is 81.4 Å². The number of benzene rings is 2. The van der Waals surface area contributed by atoms with Gasteiger partial charge < -0.3 is 0 Å². The number of imidazole rings is 1. The topological polar surface area (TPSA) is 8.81 Å². The van der Waals surface area contributed by atoms with Crippen molar-refractivity contribution in [3.63, 3.8) is 0 Å². The summed E-state index contributed by atoms with van der Waals surface area (Å²) in [5.41, 5.74) is 4.28. The van der Waals surface area contributed by atoms with Crippen LogP contribution >= 0.6 is 0 Å². The molecule has 0 radical (unpaired) electrons. The van der Waals surface area contributed by atoms with Crippen LogP contribution in [0.1, 0.15) is 62.2 Å². The third kappa shape index (κ3) is 4.88. The van der Waals surface area contributed by atoms with E-state index in [0.29, 0.717) is 5.92 Å². The second-order valence-corrected chi connectivity index (χ2v) is 7.56. The Morgan fingerprint density at radius 1 is 0.889 bits per heavy atom. The van der Waals surface area contributed by atoms with Gasteiger partial charge in [0.15, 0.2) is 0 Å². The van der Waals surface area contributed by atoms with E-state index in [1.165, 1.54) is 22.6 Å². The second kappa shape index (κ2) is 9.55. The lowest BCUT2D eigenvalue weighted by Gasteiger charge is -2.11. The lowest BCUT2D eigenvalue weighted by atomic mass is 9.96. The molecule has 1 unspecified atom stereocenters. The molecule has 0 saturated heterocycles. The highest BCUT2D eigenvalue weighted by Crippen LogP contribution is 2.20. The zero-order chi connectivity index (χ0) is 19.1. The lowest BCUT2D eigenvalue weighted by molar-refractivity contribution is -0.710. The zero-order valence-corrected chi connectivity index (χ0v) is 17.1. The first kappa shape index (κ1) is 19.4. The Kier molecular flexibility index (Phi) is 6.86. The molecule has 0 fully saturated rings. The van der Waals surface area contributed by atoms with E-state index in [9.17, 15) is 0 Å². The molecule has 1 atom stereocenters. The maximum Gasteiger partial charge on any atom is 0.261 e. The van der Waals surface area contributed by atoms with E-state index in [2.05, 4.69) is 96.8 Å². The van der Waals surface area contributed by atoms with Gasteiger partial charge in [0.05, 0.1) is 19.5 Å². The van der Waals surface area contributed by atoms with Gasteiger partial charge in [-0.05, 0) is 29.9 Å². The summed E-state index contributed by atoms with van der Waals surface area (Å²) in [6.07, 6.45) is 6.82. The molecule has 2 aromatic carbocycles. The van der Waals surface area contributed by atoms with Gasteiger partial charge in [0.25, 0.3) is 5.82 Å². The Morgan fingerprint density at radius 3 is 2.19 bits per heavy atom. The zero-order valence-electron chi connectivity index (χ0n) is 17.1. The number of aryl methyl sites for hydroxylation is 1. The van der Waals surface area contributed by atoms with Gasteiger partial charge in [-0.15, -0.1) is 0 Å². The van der Waals surface area contributed by atoms with E-state index < -0.39 is 0 Å². The fourth-order valence-corrected chi connectivity index (χ4v) is 3.93. The fraction of sp³-hybridized carbons (Fsp3) is 0.400. The van der Waals surface area contributed by atoms with Crippen LogP contribution in [0, 0.1) is 0 Å². The largest absolute Gasteiger partial charge is 0.261 e.